The number of hydrogen-bond acceptors (Lipinski definition) is 5. The average Bonchev–Trinajstić information content (AvgIpc) is 2.94. The Morgan fingerprint density at radius 3 is 2.47 bits per heavy atom. The van der Waals surface area contributed by atoms with Gasteiger partial charge in [-0.2, -0.15) is 23.4 Å². The number of rotatable bonds is 3. The van der Waals surface area contributed by atoms with Gasteiger partial charge in [-0.3, -0.25) is 9.59 Å². The Morgan fingerprint density at radius 2 is 1.91 bits per heavy atom. The molecule has 32 heavy (non-hydrogen) atoms. The molecule has 1 heterocycles. The van der Waals surface area contributed by atoms with E-state index in [0.717, 1.165) is 30.0 Å². The standard InChI is InChI=1S/C21H16F4N4O2S/c1-20(2)18(31)28-19(29(20)12-5-7-14(16(22)8-12)17(30)27-3)32-13-6-4-11(10-26)15(9-13)21(23,24)25/h4-9H,1-3H3,(H,27,30). The lowest BCUT2D eigenvalue weighted by atomic mass is 10.0. The van der Waals surface area contributed by atoms with Crippen LogP contribution < -0.4 is 10.2 Å². The number of aliphatic imine (C=N–C) groups is 1. The SMILES string of the molecule is CNC(=O)c1ccc(N2C(Sc3ccc(C#N)c(C(F)(F)F)c3)=NC(=O)C2(C)C)cc1F. The third kappa shape index (κ3) is 4.18. The van der Waals surface area contributed by atoms with Crippen LogP contribution in [0.5, 0.6) is 0 Å². The summed E-state index contributed by atoms with van der Waals surface area (Å²) in [5, 5.41) is 11.3. The second kappa shape index (κ2) is 8.27. The van der Waals surface area contributed by atoms with Gasteiger partial charge in [0.05, 0.1) is 22.8 Å². The zero-order valence-electron chi connectivity index (χ0n) is 17.0. The Labute approximate surface area is 184 Å². The molecule has 2 aromatic carbocycles. The largest absolute Gasteiger partial charge is 0.417 e. The van der Waals surface area contributed by atoms with Crippen LogP contribution in [-0.4, -0.2) is 29.6 Å². The number of nitrogens with one attached hydrogen (secondary N) is 1. The summed E-state index contributed by atoms with van der Waals surface area (Å²) in [6.45, 7) is 3.08. The maximum absolute atomic E-state index is 14.5. The predicted molar refractivity (Wildman–Crippen MR) is 111 cm³/mol. The van der Waals surface area contributed by atoms with Crippen LogP contribution in [0.3, 0.4) is 0 Å². The minimum Gasteiger partial charge on any atom is -0.355 e. The molecule has 0 bridgehead atoms. The highest BCUT2D eigenvalue weighted by Gasteiger charge is 2.44. The molecule has 166 valence electrons. The van der Waals surface area contributed by atoms with E-state index in [4.69, 9.17) is 5.26 Å². The van der Waals surface area contributed by atoms with Crippen LogP contribution in [0.4, 0.5) is 23.2 Å². The number of halogens is 4. The molecule has 3 rings (SSSR count). The quantitative estimate of drug-likeness (QED) is 0.683. The van der Waals surface area contributed by atoms with Gasteiger partial charge in [0.1, 0.15) is 11.4 Å². The van der Waals surface area contributed by atoms with E-state index in [1.807, 2.05) is 0 Å². The molecule has 0 saturated heterocycles. The summed E-state index contributed by atoms with van der Waals surface area (Å²) < 4.78 is 54.4. The maximum atomic E-state index is 14.5. The maximum Gasteiger partial charge on any atom is 0.417 e. The van der Waals surface area contributed by atoms with Crippen molar-refractivity contribution in [1.82, 2.24) is 5.32 Å². The summed E-state index contributed by atoms with van der Waals surface area (Å²) in [7, 11) is 1.35. The summed E-state index contributed by atoms with van der Waals surface area (Å²) in [6, 6.07) is 8.37. The fraction of sp³-hybridized carbons (Fsp3) is 0.238. The first-order chi connectivity index (χ1) is 14.9. The summed E-state index contributed by atoms with van der Waals surface area (Å²) in [4.78, 5) is 29.7. The number of carbonyl (C=O) groups is 2. The van der Waals surface area contributed by atoms with E-state index >= 15 is 0 Å². The molecule has 0 aliphatic carbocycles. The van der Waals surface area contributed by atoms with Gasteiger partial charge >= 0.3 is 6.18 Å². The molecular weight excluding hydrogens is 448 g/mol. The van der Waals surface area contributed by atoms with E-state index in [2.05, 4.69) is 10.3 Å². The van der Waals surface area contributed by atoms with Crippen molar-refractivity contribution in [3.05, 3.63) is 58.9 Å². The third-order valence-corrected chi connectivity index (χ3v) is 5.73. The van der Waals surface area contributed by atoms with Crippen LogP contribution >= 0.6 is 11.8 Å². The van der Waals surface area contributed by atoms with E-state index in [-0.39, 0.29) is 21.3 Å². The number of hydrogen-bond donors (Lipinski definition) is 1. The molecule has 0 spiro atoms. The first kappa shape index (κ1) is 23.3. The highest BCUT2D eigenvalue weighted by molar-refractivity contribution is 8.14. The molecule has 1 aliphatic heterocycles. The zero-order chi connectivity index (χ0) is 23.8. The van der Waals surface area contributed by atoms with Crippen molar-refractivity contribution < 1.29 is 27.2 Å². The van der Waals surface area contributed by atoms with E-state index in [1.165, 1.54) is 50.1 Å². The van der Waals surface area contributed by atoms with Gasteiger partial charge < -0.3 is 10.2 Å². The molecule has 0 saturated carbocycles. The Bertz CT molecular complexity index is 1190. The lowest BCUT2D eigenvalue weighted by molar-refractivity contribution is -0.138. The third-order valence-electron chi connectivity index (χ3n) is 4.78. The van der Waals surface area contributed by atoms with Gasteiger partial charge in [-0.05, 0) is 50.2 Å². The summed E-state index contributed by atoms with van der Waals surface area (Å²) in [5.41, 5.74) is -2.89. The Balaban J connectivity index is 2.03. The molecule has 0 atom stereocenters. The lowest BCUT2D eigenvalue weighted by Crippen LogP contribution is -2.46. The van der Waals surface area contributed by atoms with Crippen molar-refractivity contribution in [2.45, 2.75) is 30.5 Å². The normalized spacial score (nSPS) is 15.4. The average molecular weight is 464 g/mol. The number of amides is 2. The lowest BCUT2D eigenvalue weighted by Gasteiger charge is -2.32. The number of carbonyl (C=O) groups excluding carboxylic acids is 2. The van der Waals surface area contributed by atoms with Crippen LogP contribution in [0.2, 0.25) is 0 Å². The first-order valence-electron chi connectivity index (χ1n) is 9.14. The Kier molecular flexibility index (Phi) is 6.02. The van der Waals surface area contributed by atoms with Crippen LogP contribution in [0.15, 0.2) is 46.3 Å². The number of anilines is 1. The molecule has 1 N–H and O–H groups in total. The van der Waals surface area contributed by atoms with Crippen LogP contribution in [0, 0.1) is 17.1 Å². The molecule has 1 aliphatic rings. The van der Waals surface area contributed by atoms with Crippen molar-refractivity contribution in [2.24, 2.45) is 4.99 Å². The highest BCUT2D eigenvalue weighted by atomic mass is 32.2. The molecule has 11 heteroatoms. The van der Waals surface area contributed by atoms with Gasteiger partial charge in [0.2, 0.25) is 0 Å². The second-order valence-electron chi connectivity index (χ2n) is 7.26. The molecule has 2 amide bonds. The number of nitriles is 1. The fourth-order valence-corrected chi connectivity index (χ4v) is 4.17. The number of benzene rings is 2. The summed E-state index contributed by atoms with van der Waals surface area (Å²) in [5.74, 6) is -2.04. The Morgan fingerprint density at radius 1 is 1.22 bits per heavy atom. The molecule has 0 aromatic heterocycles. The monoisotopic (exact) mass is 464 g/mol. The topological polar surface area (TPSA) is 85.6 Å². The summed E-state index contributed by atoms with van der Waals surface area (Å²) in [6.07, 6.45) is -4.74. The smallest absolute Gasteiger partial charge is 0.355 e. The molecule has 2 aromatic rings. The van der Waals surface area contributed by atoms with Crippen molar-refractivity contribution in [3.63, 3.8) is 0 Å². The van der Waals surface area contributed by atoms with E-state index in [9.17, 15) is 27.2 Å². The van der Waals surface area contributed by atoms with Gasteiger partial charge in [-0.25, -0.2) is 4.39 Å². The fourth-order valence-electron chi connectivity index (χ4n) is 3.10. The van der Waals surface area contributed by atoms with Gasteiger partial charge in [-0.15, -0.1) is 0 Å². The van der Waals surface area contributed by atoms with Crippen molar-refractivity contribution in [2.75, 3.05) is 11.9 Å². The second-order valence-corrected chi connectivity index (χ2v) is 8.30. The molecular formula is C21H16F4N4O2S. The zero-order valence-corrected chi connectivity index (χ0v) is 17.9. The highest BCUT2D eigenvalue weighted by Crippen LogP contribution is 2.39. The number of amidine groups is 1. The van der Waals surface area contributed by atoms with Gasteiger partial charge in [0, 0.05) is 17.6 Å². The molecule has 6 nitrogen and oxygen atoms in total. The van der Waals surface area contributed by atoms with Crippen molar-refractivity contribution in [3.8, 4) is 6.07 Å². The summed E-state index contributed by atoms with van der Waals surface area (Å²) >= 11 is 0.774. The van der Waals surface area contributed by atoms with Crippen molar-refractivity contribution in [1.29, 1.82) is 5.26 Å². The van der Waals surface area contributed by atoms with Gasteiger partial charge in [-0.1, -0.05) is 11.8 Å². The molecule has 0 fully saturated rings. The minimum atomic E-state index is -4.74. The molecule has 0 unspecified atom stereocenters. The minimum absolute atomic E-state index is 0.0323. The number of nitrogens with zero attached hydrogens (tertiary/aromatic N) is 3. The van der Waals surface area contributed by atoms with Crippen LogP contribution in [0.25, 0.3) is 0 Å². The molecule has 0 radical (unpaired) electrons. The Hall–Kier alpha value is -3.39. The van der Waals surface area contributed by atoms with Crippen LogP contribution in [0.1, 0.15) is 35.3 Å². The van der Waals surface area contributed by atoms with E-state index in [1.54, 1.807) is 0 Å². The number of alkyl halides is 3. The van der Waals surface area contributed by atoms with Gasteiger partial charge in [0.15, 0.2) is 5.17 Å². The number of thioether (sulfide) groups is 1. The van der Waals surface area contributed by atoms with Crippen molar-refractivity contribution >= 4 is 34.4 Å². The van der Waals surface area contributed by atoms with Gasteiger partial charge in [0.25, 0.3) is 11.8 Å². The van der Waals surface area contributed by atoms with Crippen LogP contribution in [-0.2, 0) is 11.0 Å². The predicted octanol–water partition coefficient (Wildman–Crippen LogP) is 4.35. The van der Waals surface area contributed by atoms with E-state index in [0.29, 0.717) is 0 Å². The van der Waals surface area contributed by atoms with E-state index < -0.39 is 40.5 Å². The first-order valence-corrected chi connectivity index (χ1v) is 9.96.